The van der Waals surface area contributed by atoms with E-state index in [1.807, 2.05) is 6.92 Å². The Labute approximate surface area is 111 Å². The smallest absolute Gasteiger partial charge is 0.234 e. The molecule has 3 N–H and O–H groups in total. The fourth-order valence-electron chi connectivity index (χ4n) is 2.75. The van der Waals surface area contributed by atoms with Gasteiger partial charge in [0, 0.05) is 19.1 Å². The largest absolute Gasteiger partial charge is 0.355 e. The standard InChI is InChI=1S/C14H29N3O/c1-2-16-14(18)12-17(11-7-10-15)13-8-5-3-4-6-9-13/h13H,2-12,15H2,1H3,(H,16,18). The second kappa shape index (κ2) is 9.34. The molecule has 4 nitrogen and oxygen atoms in total. The SMILES string of the molecule is CCNC(=O)CN(CCCN)C1CCCCCC1. The van der Waals surface area contributed by atoms with E-state index in [2.05, 4.69) is 10.2 Å². The van der Waals surface area contributed by atoms with Crippen LogP contribution in [0.25, 0.3) is 0 Å². The summed E-state index contributed by atoms with van der Waals surface area (Å²) in [5, 5.41) is 2.90. The summed E-state index contributed by atoms with van der Waals surface area (Å²) in [6, 6.07) is 0.585. The third-order valence-electron chi connectivity index (χ3n) is 3.71. The summed E-state index contributed by atoms with van der Waals surface area (Å²) in [6.45, 7) is 4.89. The Morgan fingerprint density at radius 3 is 2.50 bits per heavy atom. The lowest BCUT2D eigenvalue weighted by atomic mass is 10.1. The fourth-order valence-corrected chi connectivity index (χ4v) is 2.75. The van der Waals surface area contributed by atoms with Crippen molar-refractivity contribution in [3.8, 4) is 0 Å². The molecule has 106 valence electrons. The highest BCUT2D eigenvalue weighted by Crippen LogP contribution is 2.21. The predicted molar refractivity (Wildman–Crippen MR) is 75.4 cm³/mol. The maximum atomic E-state index is 11.8. The van der Waals surface area contributed by atoms with Gasteiger partial charge in [0.2, 0.25) is 5.91 Å². The van der Waals surface area contributed by atoms with Gasteiger partial charge in [-0.1, -0.05) is 25.7 Å². The Morgan fingerprint density at radius 1 is 1.28 bits per heavy atom. The van der Waals surface area contributed by atoms with Crippen LogP contribution in [0.15, 0.2) is 0 Å². The third kappa shape index (κ3) is 5.83. The van der Waals surface area contributed by atoms with Gasteiger partial charge in [-0.05, 0) is 32.7 Å². The number of carbonyl (C=O) groups is 1. The average molecular weight is 255 g/mol. The van der Waals surface area contributed by atoms with Gasteiger partial charge in [-0.15, -0.1) is 0 Å². The zero-order chi connectivity index (χ0) is 13.2. The van der Waals surface area contributed by atoms with E-state index in [9.17, 15) is 4.79 Å². The molecule has 0 unspecified atom stereocenters. The Bertz CT molecular complexity index is 225. The molecule has 0 spiro atoms. The van der Waals surface area contributed by atoms with Gasteiger partial charge in [-0.25, -0.2) is 0 Å². The van der Waals surface area contributed by atoms with Crippen LogP contribution in [0.1, 0.15) is 51.9 Å². The van der Waals surface area contributed by atoms with Crippen molar-refractivity contribution in [1.29, 1.82) is 0 Å². The van der Waals surface area contributed by atoms with Crippen LogP contribution in [0, 0.1) is 0 Å². The molecule has 0 radical (unpaired) electrons. The van der Waals surface area contributed by atoms with E-state index < -0.39 is 0 Å². The van der Waals surface area contributed by atoms with Crippen LogP contribution in [-0.2, 0) is 4.79 Å². The van der Waals surface area contributed by atoms with Gasteiger partial charge in [-0.2, -0.15) is 0 Å². The van der Waals surface area contributed by atoms with Gasteiger partial charge >= 0.3 is 0 Å². The van der Waals surface area contributed by atoms with Crippen LogP contribution >= 0.6 is 0 Å². The van der Waals surface area contributed by atoms with Gasteiger partial charge in [0.05, 0.1) is 6.54 Å². The first kappa shape index (κ1) is 15.4. The molecule has 0 aromatic carbocycles. The zero-order valence-corrected chi connectivity index (χ0v) is 11.8. The number of nitrogens with one attached hydrogen (secondary N) is 1. The summed E-state index contributed by atoms with van der Waals surface area (Å²) >= 11 is 0. The van der Waals surface area contributed by atoms with Crippen LogP contribution in [0.4, 0.5) is 0 Å². The van der Waals surface area contributed by atoms with Crippen molar-refractivity contribution in [2.75, 3.05) is 26.2 Å². The molecular weight excluding hydrogens is 226 g/mol. The lowest BCUT2D eigenvalue weighted by molar-refractivity contribution is -0.122. The minimum Gasteiger partial charge on any atom is -0.355 e. The maximum Gasteiger partial charge on any atom is 0.234 e. The molecule has 0 heterocycles. The number of carbonyl (C=O) groups excluding carboxylic acids is 1. The van der Waals surface area contributed by atoms with Gasteiger partial charge in [-0.3, -0.25) is 9.69 Å². The number of amides is 1. The fraction of sp³-hybridized carbons (Fsp3) is 0.929. The van der Waals surface area contributed by atoms with E-state index in [-0.39, 0.29) is 5.91 Å². The van der Waals surface area contributed by atoms with Crippen molar-refractivity contribution in [2.24, 2.45) is 5.73 Å². The van der Waals surface area contributed by atoms with Crippen molar-refractivity contribution in [3.05, 3.63) is 0 Å². The summed E-state index contributed by atoms with van der Waals surface area (Å²) in [6.07, 6.45) is 8.77. The molecule has 0 aromatic heterocycles. The average Bonchev–Trinajstić information content (AvgIpc) is 2.63. The molecule has 1 rings (SSSR count). The predicted octanol–water partition coefficient (Wildman–Crippen LogP) is 1.50. The molecular formula is C14H29N3O. The molecule has 0 saturated heterocycles. The number of hydrogen-bond donors (Lipinski definition) is 2. The second-order valence-electron chi connectivity index (χ2n) is 5.21. The lowest BCUT2D eigenvalue weighted by Crippen LogP contribution is -2.43. The van der Waals surface area contributed by atoms with E-state index in [0.29, 0.717) is 25.7 Å². The molecule has 0 atom stereocenters. The number of likely N-dealkylation sites (N-methyl/N-ethyl adjacent to an activating group) is 1. The highest BCUT2D eigenvalue weighted by atomic mass is 16.2. The van der Waals surface area contributed by atoms with Crippen LogP contribution in [-0.4, -0.2) is 43.0 Å². The molecule has 1 aliphatic carbocycles. The molecule has 0 bridgehead atoms. The topological polar surface area (TPSA) is 58.4 Å². The number of rotatable bonds is 7. The molecule has 1 fully saturated rings. The summed E-state index contributed by atoms with van der Waals surface area (Å²) in [4.78, 5) is 14.1. The lowest BCUT2D eigenvalue weighted by Gasteiger charge is -2.30. The van der Waals surface area contributed by atoms with Crippen molar-refractivity contribution in [2.45, 2.75) is 57.9 Å². The Kier molecular flexibility index (Phi) is 8.01. The van der Waals surface area contributed by atoms with Crippen molar-refractivity contribution < 1.29 is 4.79 Å². The van der Waals surface area contributed by atoms with Crippen molar-refractivity contribution in [3.63, 3.8) is 0 Å². The van der Waals surface area contributed by atoms with Crippen molar-refractivity contribution in [1.82, 2.24) is 10.2 Å². The van der Waals surface area contributed by atoms with Crippen LogP contribution in [0.5, 0.6) is 0 Å². The van der Waals surface area contributed by atoms with Gasteiger partial charge in [0.15, 0.2) is 0 Å². The summed E-state index contributed by atoms with van der Waals surface area (Å²) < 4.78 is 0. The molecule has 4 heteroatoms. The highest BCUT2D eigenvalue weighted by molar-refractivity contribution is 5.77. The summed E-state index contributed by atoms with van der Waals surface area (Å²) in [5.74, 6) is 0.152. The van der Waals surface area contributed by atoms with Crippen LogP contribution in [0.3, 0.4) is 0 Å². The maximum absolute atomic E-state index is 11.8. The quantitative estimate of drug-likeness (QED) is 0.678. The van der Waals surface area contributed by atoms with Gasteiger partial charge in [0.25, 0.3) is 0 Å². The van der Waals surface area contributed by atoms with Gasteiger partial charge < -0.3 is 11.1 Å². The zero-order valence-electron chi connectivity index (χ0n) is 11.8. The normalized spacial score (nSPS) is 17.7. The number of nitrogens with two attached hydrogens (primary N) is 1. The second-order valence-corrected chi connectivity index (χ2v) is 5.21. The van der Waals surface area contributed by atoms with E-state index >= 15 is 0 Å². The molecule has 1 saturated carbocycles. The monoisotopic (exact) mass is 255 g/mol. The third-order valence-corrected chi connectivity index (χ3v) is 3.71. The Balaban J connectivity index is 2.48. The van der Waals surface area contributed by atoms with Crippen LogP contribution < -0.4 is 11.1 Å². The molecule has 1 amide bonds. The number of hydrogen-bond acceptors (Lipinski definition) is 3. The van der Waals surface area contributed by atoms with E-state index in [0.717, 1.165) is 13.0 Å². The minimum atomic E-state index is 0.152. The molecule has 0 aliphatic heterocycles. The van der Waals surface area contributed by atoms with Crippen molar-refractivity contribution >= 4 is 5.91 Å². The minimum absolute atomic E-state index is 0.152. The molecule has 1 aliphatic rings. The number of nitrogens with zero attached hydrogens (tertiary/aromatic N) is 1. The van der Waals surface area contributed by atoms with Crippen LogP contribution in [0.2, 0.25) is 0 Å². The summed E-state index contributed by atoms with van der Waals surface area (Å²) in [7, 11) is 0. The molecule has 18 heavy (non-hydrogen) atoms. The summed E-state index contributed by atoms with van der Waals surface area (Å²) in [5.41, 5.74) is 5.60. The first-order chi connectivity index (χ1) is 8.77. The van der Waals surface area contributed by atoms with E-state index in [4.69, 9.17) is 5.73 Å². The first-order valence-electron chi connectivity index (χ1n) is 7.48. The molecule has 0 aromatic rings. The Morgan fingerprint density at radius 2 is 1.94 bits per heavy atom. The first-order valence-corrected chi connectivity index (χ1v) is 7.48. The van der Waals surface area contributed by atoms with Gasteiger partial charge in [0.1, 0.15) is 0 Å². The van der Waals surface area contributed by atoms with E-state index in [1.165, 1.54) is 38.5 Å². The highest BCUT2D eigenvalue weighted by Gasteiger charge is 2.21. The Hall–Kier alpha value is -0.610. The van der Waals surface area contributed by atoms with E-state index in [1.54, 1.807) is 0 Å².